The van der Waals surface area contributed by atoms with Crippen LogP contribution >= 0.6 is 244 Å². The summed E-state index contributed by atoms with van der Waals surface area (Å²) in [7, 11) is -4.38. The van der Waals surface area contributed by atoms with E-state index in [4.69, 9.17) is 244 Å². The first kappa shape index (κ1) is 70.9. The van der Waals surface area contributed by atoms with Crippen molar-refractivity contribution in [3.8, 4) is 0 Å². The predicted octanol–water partition coefficient (Wildman–Crippen LogP) is 19.6. The highest BCUT2D eigenvalue weighted by molar-refractivity contribution is 7.66. The van der Waals surface area contributed by atoms with E-state index in [1.54, 1.807) is 5.70 Å². The highest BCUT2D eigenvalue weighted by Crippen LogP contribution is 2.45. The van der Waals surface area contributed by atoms with E-state index in [0.29, 0.717) is 84.6 Å². The Balaban J connectivity index is -0.000000268. The van der Waals surface area contributed by atoms with E-state index in [-0.39, 0.29) is 31.1 Å². The lowest BCUT2D eigenvalue weighted by molar-refractivity contribution is 1.16. The Bertz CT molecular complexity index is 781. The minimum absolute atomic E-state index is 0. The summed E-state index contributed by atoms with van der Waals surface area (Å²) in [6.07, 6.45) is 0. The number of halogens is 22. The van der Waals surface area contributed by atoms with Gasteiger partial charge in [0.25, 0.3) is 20.1 Å². The van der Waals surface area contributed by atoms with E-state index in [2.05, 4.69) is 6.58 Å². The van der Waals surface area contributed by atoms with E-state index in [1.165, 1.54) is 0 Å². The second-order valence-corrected chi connectivity index (χ2v) is 83.8. The molecule has 0 unspecified atom stereocenters. The fourth-order valence-corrected chi connectivity index (χ4v) is 49.8. The molecule has 0 N–H and O–H groups in total. The van der Waals surface area contributed by atoms with E-state index >= 15 is 0 Å². The summed E-state index contributed by atoms with van der Waals surface area (Å²) < 4.78 is 0. The minimum Gasteiger partial charge on any atom is -0.171 e. The lowest BCUT2D eigenvalue weighted by Crippen LogP contribution is -2.36. The van der Waals surface area contributed by atoms with Gasteiger partial charge in [-0.2, -0.15) is 44.3 Å². The monoisotopic (exact) mass is 1320 g/mol. The summed E-state index contributed by atoms with van der Waals surface area (Å²) in [6.45, 7) is -4.63. The van der Waals surface area contributed by atoms with Crippen LogP contribution in [0.15, 0.2) is 12.3 Å². The first-order valence-electron chi connectivity index (χ1n) is 13.6. The van der Waals surface area contributed by atoms with Crippen LogP contribution in [0.1, 0.15) is 22.3 Å². The molecule has 0 saturated carbocycles. The van der Waals surface area contributed by atoms with Crippen molar-refractivity contribution in [3.63, 3.8) is 0 Å². The Morgan fingerprint density at radius 2 is 0.588 bits per heavy atom. The maximum atomic E-state index is 7.27. The third-order valence-corrected chi connectivity index (χ3v) is 40.3. The first-order chi connectivity index (χ1) is 21.1. The molecule has 0 saturated heterocycles. The Hall–Kier alpha value is 8.29. The number of hydrogen-bond donors (Lipinski definition) is 0. The van der Waals surface area contributed by atoms with Gasteiger partial charge in [0.1, 0.15) is 8.83 Å². The molecule has 0 atom stereocenters. The van der Waals surface area contributed by atoms with Crippen LogP contribution in [-0.2, 0) is 0 Å². The van der Waals surface area contributed by atoms with Gasteiger partial charge in [0.15, 0.2) is 7.38 Å². The SMILES string of the molecule is C.C.C.C=C[SiH2]Cl.Cl[SiH](Cl)CC[Si](Cl)(Cl)Cl.Cl[Si](Cl)(Cl)CC[Si](Cl)(Cl)CC[Si](Cl)(CC[Si](Cl)(Cl)CC[Si](Cl)(Cl)Cl)CC[Si](Cl)(Cl)CC[Si](Cl)(Cl)Cl. The molecule has 0 heterocycles. The molecule has 0 aliphatic heterocycles. The molecule has 0 fully saturated rings. The molecule has 0 aromatic heterocycles. The van der Waals surface area contributed by atoms with Crippen LogP contribution in [0.2, 0.25) is 84.6 Å². The van der Waals surface area contributed by atoms with Gasteiger partial charge in [-0.1, -0.05) is 28.0 Å². The zero-order valence-corrected chi connectivity index (χ0v) is 52.0. The van der Waals surface area contributed by atoms with E-state index in [0.717, 1.165) is 0 Å². The van der Waals surface area contributed by atoms with Gasteiger partial charge < -0.3 is 0 Å². The number of hydrogen-bond acceptors (Lipinski definition) is 0. The van der Waals surface area contributed by atoms with Crippen LogP contribution in [0, 0.1) is 0 Å². The number of rotatable bonds is 22. The molecular weight excluding hydrogens is 1290 g/mol. The van der Waals surface area contributed by atoms with E-state index < -0.39 is 58.9 Å². The van der Waals surface area contributed by atoms with Gasteiger partial charge in [0.2, 0.25) is 7.42 Å². The molecule has 0 rings (SSSR count). The molecular formula is C19H46Cl22Si10. The molecule has 32 heteroatoms. The lowest BCUT2D eigenvalue weighted by Gasteiger charge is -2.31. The molecule has 0 aromatic carbocycles. The molecule has 0 aromatic rings. The van der Waals surface area contributed by atoms with Crippen molar-refractivity contribution < 1.29 is 0 Å². The van der Waals surface area contributed by atoms with E-state index in [9.17, 15) is 0 Å². The minimum atomic E-state index is -2.83. The van der Waals surface area contributed by atoms with Crippen molar-refractivity contribution in [1.29, 1.82) is 0 Å². The molecule has 0 bridgehead atoms. The summed E-state index contributed by atoms with van der Waals surface area (Å²) in [4.78, 5) is 0. The van der Waals surface area contributed by atoms with Crippen LogP contribution in [0.3, 0.4) is 0 Å². The van der Waals surface area contributed by atoms with Crippen molar-refractivity contribution in [3.05, 3.63) is 12.3 Å². The highest BCUT2D eigenvalue weighted by Gasteiger charge is 2.44. The predicted molar refractivity (Wildman–Crippen MR) is 288 cm³/mol. The summed E-state index contributed by atoms with van der Waals surface area (Å²) in [5, 5.41) is 0. The fraction of sp³-hybridized carbons (Fsp3) is 0.895. The van der Waals surface area contributed by atoms with Crippen LogP contribution in [-0.4, -0.2) is 67.7 Å². The van der Waals surface area contributed by atoms with Gasteiger partial charge in [-0.25, -0.2) is 0 Å². The summed E-state index contributed by atoms with van der Waals surface area (Å²) >= 11 is 134. The van der Waals surface area contributed by atoms with Crippen molar-refractivity contribution in [1.82, 2.24) is 0 Å². The zero-order chi connectivity index (χ0) is 38.9. The van der Waals surface area contributed by atoms with Crippen molar-refractivity contribution in [2.45, 2.75) is 107 Å². The molecule has 0 spiro atoms. The molecule has 51 heavy (non-hydrogen) atoms. The summed E-state index contributed by atoms with van der Waals surface area (Å²) in [6, 6.07) is -3.40. The average Bonchev–Trinajstić information content (AvgIpc) is 2.89. The Morgan fingerprint density at radius 1 is 0.392 bits per heavy atom. The second-order valence-electron chi connectivity index (χ2n) is 10.6. The zero-order valence-electron chi connectivity index (χ0n) is 24.8. The quantitative estimate of drug-likeness (QED) is 0.0749. The standard InChI is InChI=1S/C12H24Cl16Si7.C2H5Cl5Si2.C2H5ClSi.3CH4/c13-29(1-4-30(14,15)7-10-33(20,21)22,2-5-31(16,17)8-11-34(23,24)25)3-6-32(18,19)9-12-35(26,27)28;3-8(4)1-2-9(5,6)7;1-2-4-3;;;/h1-12H2;8H,1-2H2;2H,1,4H2;3*1H4. The first-order valence-corrected chi connectivity index (χ1v) is 58.8. The largest absolute Gasteiger partial charge is 0.341 e. The van der Waals surface area contributed by atoms with Gasteiger partial charge in [0.05, 0.1) is 0 Å². The molecule has 0 radical (unpaired) electrons. The second kappa shape index (κ2) is 33.7. The average molecular weight is 1340 g/mol. The fourth-order valence-electron chi connectivity index (χ4n) is 3.22. The van der Waals surface area contributed by atoms with E-state index in [1.807, 2.05) is 0 Å². The highest BCUT2D eigenvalue weighted by atomic mass is 35.9. The third kappa shape index (κ3) is 56.3. The maximum Gasteiger partial charge on any atom is 0.341 e. The molecule has 0 nitrogen and oxygen atoms in total. The topological polar surface area (TPSA) is 0 Å². The van der Waals surface area contributed by atoms with Gasteiger partial charge in [-0.05, 0) is 84.6 Å². The molecule has 316 valence electrons. The smallest absolute Gasteiger partial charge is 0.171 e. The molecule has 0 aliphatic carbocycles. The third-order valence-electron chi connectivity index (χ3n) is 5.89. The van der Waals surface area contributed by atoms with Gasteiger partial charge in [0, 0.05) is 0 Å². The van der Waals surface area contributed by atoms with Crippen LogP contribution < -0.4 is 0 Å². The Labute approximate surface area is 423 Å². The van der Waals surface area contributed by atoms with Crippen molar-refractivity contribution in [2.24, 2.45) is 0 Å². The maximum absolute atomic E-state index is 7.27. The van der Waals surface area contributed by atoms with Crippen LogP contribution in [0.25, 0.3) is 0 Å². The molecule has 0 aliphatic rings. The Morgan fingerprint density at radius 3 is 0.725 bits per heavy atom. The summed E-state index contributed by atoms with van der Waals surface area (Å²) in [5.41, 5.74) is 1.78. The van der Waals surface area contributed by atoms with Gasteiger partial charge in [-0.3, -0.25) is 0 Å². The van der Waals surface area contributed by atoms with Gasteiger partial charge >= 0.3 is 24.0 Å². The van der Waals surface area contributed by atoms with Crippen LogP contribution in [0.5, 0.6) is 0 Å². The molecule has 0 amide bonds. The van der Waals surface area contributed by atoms with Crippen molar-refractivity contribution >= 4 is 311 Å². The normalized spacial score (nSPS) is 13.3. The summed E-state index contributed by atoms with van der Waals surface area (Å²) in [5.74, 6) is 0. The lowest BCUT2D eigenvalue weighted by atomic mass is 10.9. The van der Waals surface area contributed by atoms with Crippen molar-refractivity contribution in [2.75, 3.05) is 0 Å². The van der Waals surface area contributed by atoms with Crippen LogP contribution in [0.4, 0.5) is 0 Å². The Kier molecular flexibility index (Phi) is 46.9. The van der Waals surface area contributed by atoms with Gasteiger partial charge in [-0.15, -0.1) is 206 Å².